The molecule has 7 heteroatoms. The molecule has 0 atom stereocenters. The largest absolute Gasteiger partial charge is 2.00 e. The van der Waals surface area contributed by atoms with Gasteiger partial charge in [-0.25, -0.2) is 0 Å². The Morgan fingerprint density at radius 1 is 1.29 bits per heavy atom. The summed E-state index contributed by atoms with van der Waals surface area (Å²) in [6.45, 7) is 0. The minimum atomic E-state index is -3.79. The molecule has 0 heterocycles. The number of hydrogen-bond donors (Lipinski definition) is 0. The van der Waals surface area contributed by atoms with Crippen LogP contribution in [0.3, 0.4) is 0 Å². The van der Waals surface area contributed by atoms with Crippen molar-refractivity contribution in [1.82, 2.24) is 0 Å². The maximum Gasteiger partial charge on any atom is 2.00 e. The van der Waals surface area contributed by atoms with Crippen molar-refractivity contribution in [2.24, 2.45) is 0 Å². The van der Waals surface area contributed by atoms with Crippen LogP contribution in [0.5, 0.6) is 0 Å². The standard InChI is InChI=1S/Cr.La.Ni.3O.Sr/q;+3;+2;;2*-1;+2. The molecule has 7 heavy (non-hydrogen) atoms. The molecule has 0 bridgehead atoms. The first-order valence-corrected chi connectivity index (χ1v) is 2.06. The number of hydrogen-bond acceptors (Lipinski definition) is 3. The third-order valence-corrected chi connectivity index (χ3v) is 0. The van der Waals surface area contributed by atoms with Crippen LogP contribution in [0, 0.1) is 35.6 Å². The monoisotopic (exact) mass is 385 g/mol. The van der Waals surface area contributed by atoms with E-state index in [4.69, 9.17) is 12.1 Å². The zero-order chi connectivity index (χ0) is 3.58. The predicted molar refractivity (Wildman–Crippen MR) is 6.44 cm³/mol. The molecule has 0 saturated carbocycles. The summed E-state index contributed by atoms with van der Waals surface area (Å²) in [7, 11) is 0. The molecular weight excluding hydrogens is 385 g/mol. The third kappa shape index (κ3) is 44.3. The molecule has 0 aliphatic heterocycles. The molecular formula is CrLaNiO3Sr+5. The van der Waals surface area contributed by atoms with E-state index < -0.39 is 14.8 Å². The average molecular weight is 385 g/mol. The van der Waals surface area contributed by atoms with Gasteiger partial charge in [0.15, 0.2) is 0 Å². The van der Waals surface area contributed by atoms with Crippen LogP contribution in [0.1, 0.15) is 0 Å². The zero-order valence-electron chi connectivity index (χ0n) is 3.23. The molecule has 0 spiro atoms. The second kappa shape index (κ2) is 16.2. The molecule has 0 aliphatic carbocycles. The molecule has 0 rings (SSSR count). The second-order valence-corrected chi connectivity index (χ2v) is 0.842. The molecule has 0 aromatic carbocycles. The minimum absolute atomic E-state index is 0. The fourth-order valence-electron chi connectivity index (χ4n) is 0. The van der Waals surface area contributed by atoms with E-state index in [0.717, 1.165) is 0 Å². The van der Waals surface area contributed by atoms with E-state index in [1.165, 1.54) is 0 Å². The molecule has 0 unspecified atom stereocenters. The molecule has 0 aromatic rings. The summed E-state index contributed by atoms with van der Waals surface area (Å²) in [5, 5.41) is 0. The fourth-order valence-corrected chi connectivity index (χ4v) is 0. The number of rotatable bonds is 0. The van der Waals surface area contributed by atoms with Gasteiger partial charge in [0.2, 0.25) is 0 Å². The maximum atomic E-state index is 8.54. The molecule has 34 valence electrons. The van der Waals surface area contributed by atoms with Gasteiger partial charge in [-0.2, -0.15) is 0 Å². The summed E-state index contributed by atoms with van der Waals surface area (Å²) in [5.74, 6) is 0. The van der Waals surface area contributed by atoms with Crippen molar-refractivity contribution in [1.29, 1.82) is 0 Å². The van der Waals surface area contributed by atoms with Gasteiger partial charge < -0.3 is 0 Å². The predicted octanol–water partition coefficient (Wildman–Crippen LogP) is -2.88. The molecule has 0 aromatic heterocycles. The van der Waals surface area contributed by atoms with Gasteiger partial charge in [-0.3, -0.25) is 0 Å². The van der Waals surface area contributed by atoms with Crippen LogP contribution in [0.25, 0.3) is 0 Å². The van der Waals surface area contributed by atoms with E-state index in [1.54, 1.807) is 0 Å². The van der Waals surface area contributed by atoms with E-state index in [-0.39, 0.29) is 97.6 Å². The summed E-state index contributed by atoms with van der Waals surface area (Å²) < 4.78 is 25.6. The van der Waals surface area contributed by atoms with Crippen molar-refractivity contribution in [2.75, 3.05) is 0 Å². The van der Waals surface area contributed by atoms with Crippen LogP contribution in [0.15, 0.2) is 0 Å². The summed E-state index contributed by atoms with van der Waals surface area (Å²) in [6.07, 6.45) is 0. The fraction of sp³-hybridized carbons (Fsp3) is 0. The van der Waals surface area contributed by atoms with E-state index in [1.807, 2.05) is 0 Å². The Labute approximate surface area is 121 Å². The van der Waals surface area contributed by atoms with Crippen LogP contribution in [0.4, 0.5) is 0 Å². The molecule has 0 radical (unpaired) electrons. The van der Waals surface area contributed by atoms with Gasteiger partial charge in [-0.15, -0.1) is 0 Å². The summed E-state index contributed by atoms with van der Waals surface area (Å²) >= 11 is -3.79. The summed E-state index contributed by atoms with van der Waals surface area (Å²) in [5.41, 5.74) is 0. The second-order valence-electron chi connectivity index (χ2n) is 0.204. The Kier molecular flexibility index (Phi) is 51.9. The first-order chi connectivity index (χ1) is 1.73. The Morgan fingerprint density at radius 3 is 1.29 bits per heavy atom. The van der Waals surface area contributed by atoms with Gasteiger partial charge in [0.05, 0.1) is 0 Å². The maximum absolute atomic E-state index is 8.54. The van der Waals surface area contributed by atoms with Crippen molar-refractivity contribution in [2.45, 2.75) is 0 Å². The van der Waals surface area contributed by atoms with Crippen molar-refractivity contribution >= 4 is 45.5 Å². The first kappa shape index (κ1) is 22.4. The van der Waals surface area contributed by atoms with Gasteiger partial charge in [-0.1, -0.05) is 0 Å². The molecule has 3 nitrogen and oxygen atoms in total. The first-order valence-electron chi connectivity index (χ1n) is 0.500. The Hall–Kier alpha value is 3.42. The van der Waals surface area contributed by atoms with Crippen molar-refractivity contribution < 1.29 is 79.0 Å². The molecule has 0 N–H and O–H groups in total. The molecule has 0 fully saturated rings. The van der Waals surface area contributed by atoms with E-state index in [9.17, 15) is 0 Å². The van der Waals surface area contributed by atoms with Crippen molar-refractivity contribution in [3.63, 3.8) is 0 Å². The van der Waals surface area contributed by atoms with E-state index in [2.05, 4.69) is 0 Å². The van der Waals surface area contributed by atoms with Gasteiger partial charge in [0.1, 0.15) is 0 Å². The smallest absolute Gasteiger partial charge is 2.00 e. The van der Waals surface area contributed by atoms with Crippen LogP contribution >= 0.6 is 0 Å². The summed E-state index contributed by atoms with van der Waals surface area (Å²) in [6, 6.07) is 0. The van der Waals surface area contributed by atoms with E-state index in [0.29, 0.717) is 0 Å². The minimum Gasteiger partial charge on any atom is 2.00 e. The topological polar surface area (TPSA) is 63.2 Å². The van der Waals surface area contributed by atoms with Crippen LogP contribution in [-0.2, 0) is 35.0 Å². The Morgan fingerprint density at radius 2 is 1.29 bits per heavy atom. The van der Waals surface area contributed by atoms with Gasteiger partial charge in [0, 0.05) is 0 Å². The zero-order valence-corrected chi connectivity index (χ0v) is 12.6. The Bertz CT molecular complexity index is 37.9. The van der Waals surface area contributed by atoms with Crippen LogP contribution in [0.2, 0.25) is 0 Å². The SMILES string of the molecule is [La+3].[Ni+2].[O]=[Cr]([O-])[O-].[Sr+2]. The summed E-state index contributed by atoms with van der Waals surface area (Å²) in [4.78, 5) is 0. The van der Waals surface area contributed by atoms with Gasteiger partial charge in [-0.05, 0) is 0 Å². The van der Waals surface area contributed by atoms with Crippen LogP contribution < -0.4 is 8.32 Å². The molecule has 0 saturated heterocycles. The van der Waals surface area contributed by atoms with E-state index >= 15 is 0 Å². The third-order valence-electron chi connectivity index (χ3n) is 0. The van der Waals surface area contributed by atoms with Crippen molar-refractivity contribution in [3.05, 3.63) is 0 Å². The molecule has 0 amide bonds. The average Bonchev–Trinajstić information content (AvgIpc) is 0.811. The van der Waals surface area contributed by atoms with Gasteiger partial charge in [0.25, 0.3) is 0 Å². The normalized spacial score (nSPS) is 5.00. The quantitative estimate of drug-likeness (QED) is 0.421. The molecule has 0 aliphatic rings. The van der Waals surface area contributed by atoms with Gasteiger partial charge >= 0.3 is 124 Å². The van der Waals surface area contributed by atoms with Crippen molar-refractivity contribution in [3.8, 4) is 0 Å². The Balaban J connectivity index is -0.0000000150. The van der Waals surface area contributed by atoms with Crippen LogP contribution in [-0.4, -0.2) is 45.5 Å².